The molecule has 0 saturated carbocycles. The Balaban J connectivity index is 2.55. The fraction of sp³-hybridized carbons (Fsp3) is 0.308. The van der Waals surface area contributed by atoms with Crippen LogP contribution in [0.25, 0.3) is 0 Å². The zero-order chi connectivity index (χ0) is 15.0. The molecule has 2 rings (SSSR count). The van der Waals surface area contributed by atoms with Gasteiger partial charge in [-0.2, -0.15) is 5.10 Å². The summed E-state index contributed by atoms with van der Waals surface area (Å²) >= 11 is 8.99. The molecule has 7 heteroatoms. The van der Waals surface area contributed by atoms with E-state index in [1.54, 1.807) is 4.68 Å². The Morgan fingerprint density at radius 2 is 2.00 bits per heavy atom. The molecular formula is C13H12BrClF2N2O. The van der Waals surface area contributed by atoms with Gasteiger partial charge in [-0.15, -0.1) is 0 Å². The van der Waals surface area contributed by atoms with Crippen molar-refractivity contribution in [2.45, 2.75) is 26.0 Å². The number of halogens is 4. The highest BCUT2D eigenvalue weighted by molar-refractivity contribution is 9.10. The lowest BCUT2D eigenvalue weighted by atomic mass is 10.1. The van der Waals surface area contributed by atoms with E-state index >= 15 is 0 Å². The molecule has 0 radical (unpaired) electrons. The number of aromatic nitrogens is 2. The highest BCUT2D eigenvalue weighted by atomic mass is 79.9. The van der Waals surface area contributed by atoms with E-state index in [2.05, 4.69) is 21.0 Å². The van der Waals surface area contributed by atoms with Crippen LogP contribution in [0, 0.1) is 11.6 Å². The molecule has 1 aromatic heterocycles. The summed E-state index contributed by atoms with van der Waals surface area (Å²) in [4.78, 5) is 0. The molecule has 0 aliphatic heterocycles. The molecule has 1 unspecified atom stereocenters. The first-order valence-corrected chi connectivity index (χ1v) is 7.06. The Hall–Kier alpha value is -0.980. The summed E-state index contributed by atoms with van der Waals surface area (Å²) in [5, 5.41) is 14.8. The first-order chi connectivity index (χ1) is 9.34. The molecule has 3 nitrogen and oxygen atoms in total. The van der Waals surface area contributed by atoms with E-state index in [1.807, 2.05) is 13.8 Å². The second kappa shape index (κ2) is 5.79. The van der Waals surface area contributed by atoms with E-state index in [0.717, 1.165) is 6.07 Å². The van der Waals surface area contributed by atoms with Crippen LogP contribution >= 0.6 is 27.5 Å². The molecule has 0 spiro atoms. The monoisotopic (exact) mass is 364 g/mol. The van der Waals surface area contributed by atoms with Crippen LogP contribution in [0.5, 0.6) is 0 Å². The van der Waals surface area contributed by atoms with Gasteiger partial charge in [0.05, 0.1) is 21.4 Å². The van der Waals surface area contributed by atoms with Crippen molar-refractivity contribution in [1.82, 2.24) is 9.78 Å². The van der Waals surface area contributed by atoms with E-state index in [0.29, 0.717) is 5.69 Å². The minimum Gasteiger partial charge on any atom is -0.382 e. The van der Waals surface area contributed by atoms with Gasteiger partial charge in [0, 0.05) is 11.6 Å². The summed E-state index contributed by atoms with van der Waals surface area (Å²) in [7, 11) is 0. The van der Waals surface area contributed by atoms with Crippen molar-refractivity contribution < 1.29 is 13.9 Å². The van der Waals surface area contributed by atoms with Gasteiger partial charge in [-0.25, -0.2) is 8.78 Å². The summed E-state index contributed by atoms with van der Waals surface area (Å²) in [6, 6.07) is 2.24. The Labute approximate surface area is 128 Å². The van der Waals surface area contributed by atoms with Gasteiger partial charge in [-0.1, -0.05) is 17.7 Å². The number of hydrogen-bond acceptors (Lipinski definition) is 2. The van der Waals surface area contributed by atoms with Crippen molar-refractivity contribution >= 4 is 27.5 Å². The first-order valence-electron chi connectivity index (χ1n) is 5.89. The minimum absolute atomic E-state index is 0.0313. The van der Waals surface area contributed by atoms with Crippen LogP contribution in [0.4, 0.5) is 8.78 Å². The predicted molar refractivity (Wildman–Crippen MR) is 75.7 cm³/mol. The quantitative estimate of drug-likeness (QED) is 0.826. The molecule has 20 heavy (non-hydrogen) atoms. The lowest BCUT2D eigenvalue weighted by molar-refractivity contribution is 0.203. The molecule has 1 heterocycles. The number of benzene rings is 1. The van der Waals surface area contributed by atoms with Crippen molar-refractivity contribution in [3.8, 4) is 0 Å². The van der Waals surface area contributed by atoms with Crippen LogP contribution in [-0.2, 0) is 0 Å². The molecule has 2 aromatic rings. The van der Waals surface area contributed by atoms with Gasteiger partial charge in [0.15, 0.2) is 11.6 Å². The third-order valence-corrected chi connectivity index (χ3v) is 3.99. The van der Waals surface area contributed by atoms with Crippen LogP contribution in [0.2, 0.25) is 5.02 Å². The average Bonchev–Trinajstić information content (AvgIpc) is 2.77. The fourth-order valence-electron chi connectivity index (χ4n) is 1.92. The standard InChI is InChI=1S/C13H12BrClF2N2O/c1-6(2)19-12(8(15)5-18-19)13(20)7-3-4-9(16)11(17)10(7)14/h3-6,13,20H,1-2H3. The van der Waals surface area contributed by atoms with Crippen LogP contribution in [0.3, 0.4) is 0 Å². The molecule has 1 atom stereocenters. The highest BCUT2D eigenvalue weighted by Crippen LogP contribution is 2.35. The topological polar surface area (TPSA) is 38.0 Å². The molecule has 0 aliphatic rings. The zero-order valence-corrected chi connectivity index (χ0v) is 13.1. The number of aliphatic hydroxyl groups is 1. The lowest BCUT2D eigenvalue weighted by Gasteiger charge is -2.18. The SMILES string of the molecule is CC(C)n1ncc(Cl)c1C(O)c1ccc(F)c(F)c1Br. The van der Waals surface area contributed by atoms with E-state index in [-0.39, 0.29) is 21.1 Å². The second-order valence-corrected chi connectivity index (χ2v) is 5.78. The van der Waals surface area contributed by atoms with Crippen molar-refractivity contribution in [2.75, 3.05) is 0 Å². The average molecular weight is 366 g/mol. The molecular weight excluding hydrogens is 354 g/mol. The summed E-state index contributed by atoms with van der Waals surface area (Å²) in [6.07, 6.45) is 0.199. The Bertz CT molecular complexity index is 646. The van der Waals surface area contributed by atoms with E-state index < -0.39 is 17.7 Å². The van der Waals surface area contributed by atoms with Crippen molar-refractivity contribution in [3.63, 3.8) is 0 Å². The molecule has 108 valence electrons. The third kappa shape index (κ3) is 2.60. The molecule has 1 N–H and O–H groups in total. The number of aliphatic hydroxyl groups excluding tert-OH is 1. The maximum Gasteiger partial charge on any atom is 0.173 e. The van der Waals surface area contributed by atoms with Gasteiger partial charge in [-0.3, -0.25) is 4.68 Å². The minimum atomic E-state index is -1.21. The van der Waals surface area contributed by atoms with Gasteiger partial charge >= 0.3 is 0 Å². The van der Waals surface area contributed by atoms with Gasteiger partial charge < -0.3 is 5.11 Å². The maximum atomic E-state index is 13.6. The molecule has 0 fully saturated rings. The normalized spacial score (nSPS) is 13.0. The number of hydrogen-bond donors (Lipinski definition) is 1. The molecule has 0 aliphatic carbocycles. The van der Waals surface area contributed by atoms with Crippen molar-refractivity contribution in [1.29, 1.82) is 0 Å². The van der Waals surface area contributed by atoms with E-state index in [1.165, 1.54) is 12.3 Å². The highest BCUT2D eigenvalue weighted by Gasteiger charge is 2.25. The summed E-state index contributed by atoms with van der Waals surface area (Å²) in [5.74, 6) is -2.04. The number of rotatable bonds is 3. The Kier molecular flexibility index (Phi) is 4.46. The van der Waals surface area contributed by atoms with E-state index in [4.69, 9.17) is 11.6 Å². The lowest BCUT2D eigenvalue weighted by Crippen LogP contribution is -2.13. The predicted octanol–water partition coefficient (Wildman–Crippen LogP) is 4.24. The second-order valence-electron chi connectivity index (χ2n) is 4.58. The van der Waals surface area contributed by atoms with Crippen LogP contribution in [0.15, 0.2) is 22.8 Å². The molecule has 0 saturated heterocycles. The Morgan fingerprint density at radius 3 is 2.60 bits per heavy atom. The van der Waals surface area contributed by atoms with Gasteiger partial charge in [0.1, 0.15) is 6.10 Å². The van der Waals surface area contributed by atoms with E-state index in [9.17, 15) is 13.9 Å². The molecule has 0 amide bonds. The van der Waals surface area contributed by atoms with Gasteiger partial charge in [0.25, 0.3) is 0 Å². The summed E-state index contributed by atoms with van der Waals surface area (Å²) < 4.78 is 28.1. The zero-order valence-electron chi connectivity index (χ0n) is 10.7. The summed E-state index contributed by atoms with van der Waals surface area (Å²) in [5.41, 5.74) is 0.529. The third-order valence-electron chi connectivity index (χ3n) is 2.89. The fourth-order valence-corrected chi connectivity index (χ4v) is 2.69. The van der Waals surface area contributed by atoms with Gasteiger partial charge in [-0.05, 0) is 35.8 Å². The molecule has 0 bridgehead atoms. The maximum absolute atomic E-state index is 13.6. The Morgan fingerprint density at radius 1 is 1.35 bits per heavy atom. The van der Waals surface area contributed by atoms with Crippen LogP contribution < -0.4 is 0 Å². The van der Waals surface area contributed by atoms with Crippen molar-refractivity contribution in [2.24, 2.45) is 0 Å². The van der Waals surface area contributed by atoms with Crippen LogP contribution in [-0.4, -0.2) is 14.9 Å². The van der Waals surface area contributed by atoms with Crippen LogP contribution in [0.1, 0.15) is 37.3 Å². The summed E-state index contributed by atoms with van der Waals surface area (Å²) in [6.45, 7) is 3.75. The van der Waals surface area contributed by atoms with Gasteiger partial charge in [0.2, 0.25) is 0 Å². The molecule has 1 aromatic carbocycles. The van der Waals surface area contributed by atoms with Crippen molar-refractivity contribution in [3.05, 3.63) is 50.7 Å². The number of nitrogens with zero attached hydrogens (tertiary/aromatic N) is 2. The largest absolute Gasteiger partial charge is 0.382 e. The first kappa shape index (κ1) is 15.4. The smallest absolute Gasteiger partial charge is 0.173 e.